The second-order valence-electron chi connectivity index (χ2n) is 4.84. The zero-order valence-corrected chi connectivity index (χ0v) is 13.8. The highest BCUT2D eigenvalue weighted by Gasteiger charge is 2.20. The number of hydrogen-bond donors (Lipinski definition) is 1. The van der Waals surface area contributed by atoms with Crippen LogP contribution in [-0.2, 0) is 9.84 Å². The molecule has 116 valence electrons. The first kappa shape index (κ1) is 16.5. The lowest BCUT2D eigenvalue weighted by atomic mass is 10.2. The molecular weight excluding hydrogens is 322 g/mol. The van der Waals surface area contributed by atoms with Gasteiger partial charge in [-0.25, -0.2) is 8.42 Å². The Labute approximate surface area is 135 Å². The quantitative estimate of drug-likeness (QED) is 0.925. The van der Waals surface area contributed by atoms with Gasteiger partial charge in [0.05, 0.1) is 26.9 Å². The number of nitrogens with one attached hydrogen (secondary N) is 1. The van der Waals surface area contributed by atoms with E-state index in [4.69, 9.17) is 11.6 Å². The van der Waals surface area contributed by atoms with Crippen molar-refractivity contribution in [1.29, 1.82) is 0 Å². The lowest BCUT2D eigenvalue weighted by molar-refractivity contribution is 0.102. The highest BCUT2D eigenvalue weighted by atomic mass is 35.5. The number of amides is 1. The third-order valence-corrected chi connectivity index (χ3v) is 5.32. The Hall–Kier alpha value is -1.85. The van der Waals surface area contributed by atoms with Crippen molar-refractivity contribution in [2.24, 2.45) is 0 Å². The van der Waals surface area contributed by atoms with Crippen molar-refractivity contribution in [1.82, 2.24) is 0 Å². The van der Waals surface area contributed by atoms with Crippen molar-refractivity contribution in [3.63, 3.8) is 0 Å². The number of carbonyl (C=O) groups excluding carboxylic acids is 1. The molecular formula is C16H16ClNO3S. The lowest BCUT2D eigenvalue weighted by Gasteiger charge is -2.11. The highest BCUT2D eigenvalue weighted by Crippen LogP contribution is 2.24. The second-order valence-corrected chi connectivity index (χ2v) is 7.49. The first-order chi connectivity index (χ1) is 10.3. The standard InChI is InChI=1S/C16H16ClNO3S/c1-3-22(20,21)15-7-5-4-6-12(15)16(19)18-14-9-8-11(2)10-13(14)17/h4-10H,3H2,1-2H3,(H,18,19). The van der Waals surface area contributed by atoms with E-state index < -0.39 is 15.7 Å². The maximum Gasteiger partial charge on any atom is 0.257 e. The molecule has 0 radical (unpaired) electrons. The van der Waals surface area contributed by atoms with Crippen LogP contribution in [0, 0.1) is 6.92 Å². The number of anilines is 1. The number of benzene rings is 2. The Bertz CT molecular complexity index is 816. The van der Waals surface area contributed by atoms with E-state index in [1.807, 2.05) is 13.0 Å². The largest absolute Gasteiger partial charge is 0.321 e. The highest BCUT2D eigenvalue weighted by molar-refractivity contribution is 7.91. The summed E-state index contributed by atoms with van der Waals surface area (Å²) in [6.45, 7) is 3.43. The van der Waals surface area contributed by atoms with Gasteiger partial charge in [-0.2, -0.15) is 0 Å². The Kier molecular flexibility index (Phi) is 4.88. The smallest absolute Gasteiger partial charge is 0.257 e. The minimum absolute atomic E-state index is 0.0261. The minimum atomic E-state index is -3.48. The fourth-order valence-corrected chi connectivity index (χ4v) is 3.37. The van der Waals surface area contributed by atoms with Crippen LogP contribution in [0.1, 0.15) is 22.8 Å². The molecule has 2 aromatic carbocycles. The molecule has 22 heavy (non-hydrogen) atoms. The van der Waals surface area contributed by atoms with Crippen LogP contribution in [-0.4, -0.2) is 20.1 Å². The summed E-state index contributed by atoms with van der Waals surface area (Å²) in [7, 11) is -3.48. The molecule has 0 heterocycles. The van der Waals surface area contributed by atoms with E-state index in [0.29, 0.717) is 10.7 Å². The van der Waals surface area contributed by atoms with Crippen LogP contribution < -0.4 is 5.32 Å². The average Bonchev–Trinajstić information content (AvgIpc) is 2.50. The molecule has 0 aliphatic heterocycles. The van der Waals surface area contributed by atoms with E-state index in [2.05, 4.69) is 5.32 Å². The molecule has 2 rings (SSSR count). The molecule has 1 N–H and O–H groups in total. The topological polar surface area (TPSA) is 63.2 Å². The van der Waals surface area contributed by atoms with Gasteiger partial charge in [0.2, 0.25) is 0 Å². The SMILES string of the molecule is CCS(=O)(=O)c1ccccc1C(=O)Nc1ccc(C)cc1Cl. The van der Waals surface area contributed by atoms with E-state index in [0.717, 1.165) is 5.56 Å². The van der Waals surface area contributed by atoms with E-state index in [-0.39, 0.29) is 16.2 Å². The number of rotatable bonds is 4. The van der Waals surface area contributed by atoms with Crippen molar-refractivity contribution in [3.8, 4) is 0 Å². The predicted molar refractivity (Wildman–Crippen MR) is 88.3 cm³/mol. The molecule has 0 aliphatic carbocycles. The Morgan fingerprint density at radius 3 is 2.50 bits per heavy atom. The van der Waals surface area contributed by atoms with E-state index in [1.165, 1.54) is 12.1 Å². The molecule has 0 unspecified atom stereocenters. The first-order valence-corrected chi connectivity index (χ1v) is 8.77. The van der Waals surface area contributed by atoms with Gasteiger partial charge in [-0.3, -0.25) is 4.79 Å². The maximum absolute atomic E-state index is 12.4. The number of aryl methyl sites for hydroxylation is 1. The summed E-state index contributed by atoms with van der Waals surface area (Å²) in [6.07, 6.45) is 0. The van der Waals surface area contributed by atoms with E-state index in [9.17, 15) is 13.2 Å². The number of halogens is 1. The molecule has 4 nitrogen and oxygen atoms in total. The van der Waals surface area contributed by atoms with E-state index >= 15 is 0 Å². The normalized spacial score (nSPS) is 11.2. The summed E-state index contributed by atoms with van der Waals surface area (Å²) in [5.41, 5.74) is 1.53. The van der Waals surface area contributed by atoms with Crippen molar-refractivity contribution in [3.05, 3.63) is 58.6 Å². The average molecular weight is 338 g/mol. The van der Waals surface area contributed by atoms with Crippen molar-refractivity contribution in [2.75, 3.05) is 11.1 Å². The molecule has 0 aliphatic rings. The summed E-state index contributed by atoms with van der Waals surface area (Å²) < 4.78 is 24.2. The van der Waals surface area contributed by atoms with Gasteiger partial charge in [-0.15, -0.1) is 0 Å². The van der Waals surface area contributed by atoms with Crippen LogP contribution in [0.3, 0.4) is 0 Å². The van der Waals surface area contributed by atoms with Crippen LogP contribution in [0.4, 0.5) is 5.69 Å². The molecule has 0 saturated carbocycles. The first-order valence-electron chi connectivity index (χ1n) is 6.74. The number of carbonyl (C=O) groups is 1. The molecule has 0 aromatic heterocycles. The molecule has 0 fully saturated rings. The fraction of sp³-hybridized carbons (Fsp3) is 0.188. The fourth-order valence-electron chi connectivity index (χ4n) is 1.99. The van der Waals surface area contributed by atoms with Gasteiger partial charge >= 0.3 is 0 Å². The van der Waals surface area contributed by atoms with Gasteiger partial charge in [-0.05, 0) is 36.8 Å². The molecule has 0 saturated heterocycles. The maximum atomic E-state index is 12.4. The molecule has 0 atom stereocenters. The Morgan fingerprint density at radius 1 is 1.18 bits per heavy atom. The number of sulfone groups is 1. The van der Waals surface area contributed by atoms with Gasteiger partial charge in [0, 0.05) is 0 Å². The van der Waals surface area contributed by atoms with Gasteiger partial charge in [0.1, 0.15) is 0 Å². The Morgan fingerprint density at radius 2 is 1.86 bits per heavy atom. The number of hydrogen-bond acceptors (Lipinski definition) is 3. The molecule has 6 heteroatoms. The van der Waals surface area contributed by atoms with Gasteiger partial charge in [0.15, 0.2) is 9.84 Å². The van der Waals surface area contributed by atoms with Crippen molar-refractivity contribution >= 4 is 33.0 Å². The van der Waals surface area contributed by atoms with Crippen molar-refractivity contribution < 1.29 is 13.2 Å². The molecule has 0 spiro atoms. The molecule has 1 amide bonds. The summed E-state index contributed by atoms with van der Waals surface area (Å²) >= 11 is 6.09. The van der Waals surface area contributed by atoms with Crippen LogP contribution in [0.15, 0.2) is 47.4 Å². The van der Waals surface area contributed by atoms with Crippen LogP contribution >= 0.6 is 11.6 Å². The summed E-state index contributed by atoms with van der Waals surface area (Å²) in [5, 5.41) is 3.06. The van der Waals surface area contributed by atoms with Crippen LogP contribution in [0.2, 0.25) is 5.02 Å². The van der Waals surface area contributed by atoms with Crippen molar-refractivity contribution in [2.45, 2.75) is 18.7 Å². The second kappa shape index (κ2) is 6.50. The zero-order chi connectivity index (χ0) is 16.3. The predicted octanol–water partition coefficient (Wildman–Crippen LogP) is 3.69. The third-order valence-electron chi connectivity index (χ3n) is 3.22. The Balaban J connectivity index is 2.39. The van der Waals surface area contributed by atoms with Gasteiger partial charge < -0.3 is 5.32 Å². The van der Waals surface area contributed by atoms with Gasteiger partial charge in [0.25, 0.3) is 5.91 Å². The van der Waals surface area contributed by atoms with E-state index in [1.54, 1.807) is 31.2 Å². The molecule has 0 bridgehead atoms. The van der Waals surface area contributed by atoms with Crippen LogP contribution in [0.5, 0.6) is 0 Å². The van der Waals surface area contributed by atoms with Gasteiger partial charge in [-0.1, -0.05) is 36.7 Å². The third kappa shape index (κ3) is 3.48. The molecule has 2 aromatic rings. The van der Waals surface area contributed by atoms with Crippen LogP contribution in [0.25, 0.3) is 0 Å². The summed E-state index contributed by atoms with van der Waals surface area (Å²) in [6, 6.07) is 11.4. The zero-order valence-electron chi connectivity index (χ0n) is 12.3. The lowest BCUT2D eigenvalue weighted by Crippen LogP contribution is -2.17. The summed E-state index contributed by atoms with van der Waals surface area (Å²) in [5.74, 6) is -0.568. The minimum Gasteiger partial charge on any atom is -0.321 e. The summed E-state index contributed by atoms with van der Waals surface area (Å²) in [4.78, 5) is 12.4. The monoisotopic (exact) mass is 337 g/mol.